The summed E-state index contributed by atoms with van der Waals surface area (Å²) in [7, 11) is 0. The zero-order valence-corrected chi connectivity index (χ0v) is 14.3. The van der Waals surface area contributed by atoms with Crippen LogP contribution in [0, 0.1) is 0 Å². The van der Waals surface area contributed by atoms with E-state index in [1.807, 2.05) is 6.92 Å². The maximum atomic E-state index is 12.0. The fourth-order valence-electron chi connectivity index (χ4n) is 2.18. The molecule has 0 saturated heterocycles. The lowest BCUT2D eigenvalue weighted by molar-refractivity contribution is -0.129. The van der Waals surface area contributed by atoms with Crippen molar-refractivity contribution < 1.29 is 14.3 Å². The summed E-state index contributed by atoms with van der Waals surface area (Å²) in [5.41, 5.74) is 1.36. The summed E-state index contributed by atoms with van der Waals surface area (Å²) in [4.78, 5) is 16.3. The molecule has 0 atom stereocenters. The van der Waals surface area contributed by atoms with Gasteiger partial charge in [-0.3, -0.25) is 0 Å². The number of carbonyl (C=O) groups excluding carboxylic acids is 1. The van der Waals surface area contributed by atoms with Crippen molar-refractivity contribution in [3.63, 3.8) is 0 Å². The van der Waals surface area contributed by atoms with Crippen LogP contribution in [0.1, 0.15) is 18.1 Å². The van der Waals surface area contributed by atoms with E-state index < -0.39 is 5.97 Å². The highest BCUT2D eigenvalue weighted by atomic mass is 35.5. The molecule has 0 saturated carbocycles. The summed E-state index contributed by atoms with van der Waals surface area (Å²) in [6.07, 6.45) is 1.52. The maximum Gasteiger partial charge on any atom is 0.363 e. The molecule has 2 aromatic carbocycles. The maximum absolute atomic E-state index is 12.0. The Balaban J connectivity index is 1.91. The normalized spacial score (nSPS) is 15.4. The minimum absolute atomic E-state index is 0.147. The second-order valence-corrected chi connectivity index (χ2v) is 5.74. The molecule has 0 aromatic heterocycles. The minimum atomic E-state index is -0.546. The molecule has 0 aliphatic carbocycles. The Bertz CT molecular complexity index is 822. The Labute approximate surface area is 149 Å². The van der Waals surface area contributed by atoms with E-state index in [2.05, 4.69) is 4.99 Å². The van der Waals surface area contributed by atoms with Gasteiger partial charge in [-0.2, -0.15) is 0 Å². The van der Waals surface area contributed by atoms with Crippen molar-refractivity contribution in [3.05, 3.63) is 69.3 Å². The molecule has 0 unspecified atom stereocenters. The Morgan fingerprint density at radius 1 is 1.12 bits per heavy atom. The summed E-state index contributed by atoms with van der Waals surface area (Å²) in [5.74, 6) is 0.428. The summed E-state index contributed by atoms with van der Waals surface area (Å²) in [6, 6.07) is 12.3. The number of carbonyl (C=O) groups is 1. The summed E-state index contributed by atoms with van der Waals surface area (Å²) >= 11 is 12.2. The zero-order valence-electron chi connectivity index (χ0n) is 12.8. The first kappa shape index (κ1) is 16.6. The number of halogens is 2. The van der Waals surface area contributed by atoms with Crippen molar-refractivity contribution in [2.45, 2.75) is 6.92 Å². The van der Waals surface area contributed by atoms with Crippen LogP contribution in [0.4, 0.5) is 0 Å². The topological polar surface area (TPSA) is 47.9 Å². The molecule has 1 aliphatic heterocycles. The van der Waals surface area contributed by atoms with E-state index in [9.17, 15) is 4.79 Å². The highest BCUT2D eigenvalue weighted by molar-refractivity contribution is 6.37. The molecule has 122 valence electrons. The number of esters is 1. The van der Waals surface area contributed by atoms with E-state index in [-0.39, 0.29) is 11.6 Å². The molecular weight excluding hydrogens is 349 g/mol. The van der Waals surface area contributed by atoms with E-state index in [0.717, 1.165) is 5.75 Å². The highest BCUT2D eigenvalue weighted by Gasteiger charge is 2.24. The number of benzene rings is 2. The van der Waals surface area contributed by atoms with Crippen molar-refractivity contribution in [3.8, 4) is 5.75 Å². The van der Waals surface area contributed by atoms with E-state index >= 15 is 0 Å². The summed E-state index contributed by atoms with van der Waals surface area (Å²) < 4.78 is 10.6. The quantitative estimate of drug-likeness (QED) is 0.583. The molecule has 0 amide bonds. The van der Waals surface area contributed by atoms with Crippen LogP contribution in [-0.4, -0.2) is 18.5 Å². The smallest absolute Gasteiger partial charge is 0.363 e. The monoisotopic (exact) mass is 361 g/mol. The predicted octanol–water partition coefficient (Wildman–Crippen LogP) is 4.74. The number of rotatable bonds is 4. The number of hydrogen-bond acceptors (Lipinski definition) is 4. The van der Waals surface area contributed by atoms with Crippen LogP contribution in [0.3, 0.4) is 0 Å². The van der Waals surface area contributed by atoms with E-state index in [1.54, 1.807) is 42.5 Å². The molecular formula is C18H13Cl2NO3. The van der Waals surface area contributed by atoms with Crippen LogP contribution in [0.15, 0.2) is 53.2 Å². The van der Waals surface area contributed by atoms with Crippen LogP contribution in [0.5, 0.6) is 5.75 Å². The predicted molar refractivity (Wildman–Crippen MR) is 94.7 cm³/mol. The van der Waals surface area contributed by atoms with Crippen molar-refractivity contribution >= 4 is 41.1 Å². The fraction of sp³-hybridized carbons (Fsp3) is 0.111. The van der Waals surface area contributed by atoms with Gasteiger partial charge < -0.3 is 9.47 Å². The largest absolute Gasteiger partial charge is 0.494 e. The van der Waals surface area contributed by atoms with Gasteiger partial charge in [0.25, 0.3) is 0 Å². The van der Waals surface area contributed by atoms with E-state index in [0.29, 0.717) is 27.8 Å². The molecule has 4 nitrogen and oxygen atoms in total. The van der Waals surface area contributed by atoms with Gasteiger partial charge in [0.1, 0.15) is 5.75 Å². The molecule has 1 heterocycles. The Morgan fingerprint density at radius 2 is 1.79 bits per heavy atom. The van der Waals surface area contributed by atoms with Crippen LogP contribution >= 0.6 is 23.2 Å². The molecule has 0 bridgehead atoms. The number of hydrogen-bond donors (Lipinski definition) is 0. The molecule has 0 N–H and O–H groups in total. The fourth-order valence-corrected chi connectivity index (χ4v) is 2.68. The lowest BCUT2D eigenvalue weighted by atomic mass is 10.2. The molecule has 24 heavy (non-hydrogen) atoms. The second-order valence-electron chi connectivity index (χ2n) is 4.93. The van der Waals surface area contributed by atoms with Crippen LogP contribution in [-0.2, 0) is 9.53 Å². The van der Waals surface area contributed by atoms with Crippen molar-refractivity contribution in [1.29, 1.82) is 0 Å². The van der Waals surface area contributed by atoms with Crippen LogP contribution in [0.25, 0.3) is 6.08 Å². The van der Waals surface area contributed by atoms with E-state index in [1.165, 1.54) is 6.08 Å². The molecule has 0 spiro atoms. The van der Waals surface area contributed by atoms with Crippen molar-refractivity contribution in [2.75, 3.05) is 6.61 Å². The molecule has 2 aromatic rings. The van der Waals surface area contributed by atoms with Gasteiger partial charge in [0.05, 0.1) is 6.61 Å². The Morgan fingerprint density at radius 3 is 2.42 bits per heavy atom. The van der Waals surface area contributed by atoms with Gasteiger partial charge in [0.15, 0.2) is 5.70 Å². The minimum Gasteiger partial charge on any atom is -0.494 e. The SMILES string of the molecule is CCOc1ccc(C2=N/C(=C\c3c(Cl)cccc3Cl)C(=O)O2)cc1. The summed E-state index contributed by atoms with van der Waals surface area (Å²) in [5, 5.41) is 0.875. The van der Waals surface area contributed by atoms with Gasteiger partial charge in [-0.25, -0.2) is 9.79 Å². The molecule has 1 aliphatic rings. The molecule has 3 rings (SSSR count). The van der Waals surface area contributed by atoms with Gasteiger partial charge in [-0.05, 0) is 49.4 Å². The van der Waals surface area contributed by atoms with Crippen molar-refractivity contribution in [1.82, 2.24) is 0 Å². The number of cyclic esters (lactones) is 1. The summed E-state index contributed by atoms with van der Waals surface area (Å²) in [6.45, 7) is 2.49. The van der Waals surface area contributed by atoms with Gasteiger partial charge in [-0.1, -0.05) is 29.3 Å². The zero-order chi connectivity index (χ0) is 17.1. The molecule has 0 fully saturated rings. The number of aliphatic imine (C=N–C) groups is 1. The van der Waals surface area contributed by atoms with Gasteiger partial charge in [0.2, 0.25) is 5.90 Å². The number of ether oxygens (including phenoxy) is 2. The second kappa shape index (κ2) is 7.07. The molecule has 6 heteroatoms. The third kappa shape index (κ3) is 3.45. The highest BCUT2D eigenvalue weighted by Crippen LogP contribution is 2.29. The van der Waals surface area contributed by atoms with Crippen molar-refractivity contribution in [2.24, 2.45) is 4.99 Å². The first-order chi connectivity index (χ1) is 11.6. The number of nitrogens with zero attached hydrogens (tertiary/aromatic N) is 1. The van der Waals surface area contributed by atoms with Crippen LogP contribution < -0.4 is 4.74 Å². The van der Waals surface area contributed by atoms with Gasteiger partial charge >= 0.3 is 5.97 Å². The Hall–Kier alpha value is -2.30. The van der Waals surface area contributed by atoms with Gasteiger partial charge in [0, 0.05) is 21.2 Å². The third-order valence-corrected chi connectivity index (χ3v) is 3.97. The lowest BCUT2D eigenvalue weighted by Gasteiger charge is -2.03. The average Bonchev–Trinajstić information content (AvgIpc) is 2.93. The Kier molecular flexibility index (Phi) is 4.88. The molecule has 0 radical (unpaired) electrons. The average molecular weight is 362 g/mol. The first-order valence-corrected chi connectivity index (χ1v) is 8.04. The van der Waals surface area contributed by atoms with Gasteiger partial charge in [-0.15, -0.1) is 0 Å². The van der Waals surface area contributed by atoms with E-state index in [4.69, 9.17) is 32.7 Å². The lowest BCUT2D eigenvalue weighted by Crippen LogP contribution is -2.05. The van der Waals surface area contributed by atoms with Crippen LogP contribution in [0.2, 0.25) is 10.0 Å². The first-order valence-electron chi connectivity index (χ1n) is 7.28. The third-order valence-electron chi connectivity index (χ3n) is 3.31. The standard InChI is InChI=1S/C18H13Cl2NO3/c1-2-23-12-8-6-11(7-9-12)17-21-16(18(22)24-17)10-13-14(19)4-3-5-15(13)20/h3-10H,2H2,1H3/b16-10-.